The molecule has 1 aliphatic rings. The monoisotopic (exact) mass is 250 g/mol. The van der Waals surface area contributed by atoms with E-state index in [-0.39, 0.29) is 5.54 Å². The highest BCUT2D eigenvalue weighted by Gasteiger charge is 2.26. The molecule has 4 nitrogen and oxygen atoms in total. The zero-order valence-corrected chi connectivity index (χ0v) is 11.5. The van der Waals surface area contributed by atoms with Crippen molar-refractivity contribution in [2.24, 2.45) is 0 Å². The first-order valence-electron chi connectivity index (χ1n) is 6.46. The van der Waals surface area contributed by atoms with Crippen molar-refractivity contribution in [3.05, 3.63) is 23.5 Å². The Morgan fingerprint density at radius 2 is 2.33 bits per heavy atom. The second-order valence-electron chi connectivity index (χ2n) is 5.21. The van der Waals surface area contributed by atoms with Gasteiger partial charge in [0, 0.05) is 36.5 Å². The summed E-state index contributed by atoms with van der Waals surface area (Å²) in [6, 6.07) is 3.92. The van der Waals surface area contributed by atoms with Gasteiger partial charge in [0.25, 0.3) is 0 Å². The Balaban J connectivity index is 1.98. The lowest BCUT2D eigenvalue weighted by atomic mass is 9.95. The third kappa shape index (κ3) is 3.43. The van der Waals surface area contributed by atoms with Crippen molar-refractivity contribution in [3.63, 3.8) is 0 Å². The summed E-state index contributed by atoms with van der Waals surface area (Å²) in [5.74, 6) is 0.865. The van der Waals surface area contributed by atoms with Crippen LogP contribution in [0.4, 0.5) is 0 Å². The number of aromatic nitrogens is 1. The largest absolute Gasteiger partial charge is 0.497 e. The molecule has 0 radical (unpaired) electrons. The second kappa shape index (κ2) is 5.67. The fourth-order valence-corrected chi connectivity index (χ4v) is 2.29. The number of hydrogen-bond donors (Lipinski definition) is 1. The van der Waals surface area contributed by atoms with Gasteiger partial charge in [-0.05, 0) is 26.7 Å². The van der Waals surface area contributed by atoms with Gasteiger partial charge in [-0.15, -0.1) is 0 Å². The number of methoxy groups -OCH3 is 1. The molecule has 2 rings (SSSR count). The quantitative estimate of drug-likeness (QED) is 0.888. The summed E-state index contributed by atoms with van der Waals surface area (Å²) >= 11 is 0. The van der Waals surface area contributed by atoms with Gasteiger partial charge in [0.05, 0.1) is 19.4 Å². The molecule has 0 aliphatic carbocycles. The first kappa shape index (κ1) is 13.3. The lowest BCUT2D eigenvalue weighted by Gasteiger charge is -2.34. The number of hydrogen-bond acceptors (Lipinski definition) is 4. The fraction of sp³-hybridized carbons (Fsp3) is 0.643. The number of ether oxygens (including phenoxy) is 2. The smallest absolute Gasteiger partial charge is 0.122 e. The van der Waals surface area contributed by atoms with E-state index < -0.39 is 0 Å². The van der Waals surface area contributed by atoms with Crippen molar-refractivity contribution in [3.8, 4) is 5.75 Å². The van der Waals surface area contributed by atoms with Crippen molar-refractivity contribution in [2.45, 2.75) is 38.8 Å². The first-order chi connectivity index (χ1) is 8.61. The molecule has 4 heteroatoms. The van der Waals surface area contributed by atoms with Crippen molar-refractivity contribution in [1.29, 1.82) is 0 Å². The minimum atomic E-state index is 0.0664. The van der Waals surface area contributed by atoms with E-state index in [0.29, 0.717) is 0 Å². The first-order valence-corrected chi connectivity index (χ1v) is 6.46. The zero-order valence-electron chi connectivity index (χ0n) is 11.5. The number of rotatable bonds is 4. The van der Waals surface area contributed by atoms with E-state index >= 15 is 0 Å². The van der Waals surface area contributed by atoms with Crippen LogP contribution in [0.25, 0.3) is 0 Å². The zero-order chi connectivity index (χ0) is 13.0. The number of nitrogens with one attached hydrogen (secondary N) is 1. The van der Waals surface area contributed by atoms with Crippen LogP contribution in [0, 0.1) is 6.92 Å². The number of pyridine rings is 1. The van der Waals surface area contributed by atoms with Gasteiger partial charge < -0.3 is 14.8 Å². The molecule has 0 aromatic carbocycles. The highest BCUT2D eigenvalue weighted by atomic mass is 16.5. The second-order valence-corrected chi connectivity index (χ2v) is 5.21. The van der Waals surface area contributed by atoms with Gasteiger partial charge in [-0.1, -0.05) is 0 Å². The average molecular weight is 250 g/mol. The molecule has 1 atom stereocenters. The van der Waals surface area contributed by atoms with Gasteiger partial charge in [-0.25, -0.2) is 0 Å². The van der Waals surface area contributed by atoms with E-state index in [1.54, 1.807) is 7.11 Å². The molecule has 1 aromatic rings. The molecule has 1 unspecified atom stereocenters. The number of aryl methyl sites for hydroxylation is 1. The Kier molecular flexibility index (Phi) is 4.19. The van der Waals surface area contributed by atoms with Gasteiger partial charge in [0.1, 0.15) is 5.75 Å². The third-order valence-electron chi connectivity index (χ3n) is 3.35. The van der Waals surface area contributed by atoms with E-state index in [4.69, 9.17) is 9.47 Å². The van der Waals surface area contributed by atoms with Gasteiger partial charge in [-0.3, -0.25) is 4.98 Å². The van der Waals surface area contributed by atoms with Crippen LogP contribution in [0.3, 0.4) is 0 Å². The maximum absolute atomic E-state index is 5.53. The Morgan fingerprint density at radius 3 is 3.00 bits per heavy atom. The topological polar surface area (TPSA) is 43.4 Å². The molecule has 1 N–H and O–H groups in total. The average Bonchev–Trinajstić information content (AvgIpc) is 2.37. The van der Waals surface area contributed by atoms with E-state index in [9.17, 15) is 0 Å². The Bertz CT molecular complexity index is 401. The molecule has 0 amide bonds. The Hall–Kier alpha value is -1.13. The molecule has 1 saturated heterocycles. The molecule has 0 saturated carbocycles. The summed E-state index contributed by atoms with van der Waals surface area (Å²) in [7, 11) is 1.68. The standard InChI is InChI=1S/C14H22N2O2/c1-11-7-13(17-3)8-12(16-11)9-15-14(2)5-4-6-18-10-14/h7-8,15H,4-6,9-10H2,1-3H3. The highest BCUT2D eigenvalue weighted by molar-refractivity contribution is 5.26. The minimum absolute atomic E-state index is 0.0664. The van der Waals surface area contributed by atoms with E-state index in [2.05, 4.69) is 17.2 Å². The predicted molar refractivity (Wildman–Crippen MR) is 70.8 cm³/mol. The molecule has 1 fully saturated rings. The summed E-state index contributed by atoms with van der Waals surface area (Å²) < 4.78 is 10.8. The predicted octanol–water partition coefficient (Wildman–Crippen LogP) is 2.06. The molecule has 0 spiro atoms. The van der Waals surface area contributed by atoms with Crippen molar-refractivity contribution >= 4 is 0 Å². The van der Waals surface area contributed by atoms with Crippen LogP contribution in [0.2, 0.25) is 0 Å². The van der Waals surface area contributed by atoms with E-state index in [1.807, 2.05) is 19.1 Å². The fourth-order valence-electron chi connectivity index (χ4n) is 2.29. The Morgan fingerprint density at radius 1 is 1.50 bits per heavy atom. The summed E-state index contributed by atoms with van der Waals surface area (Å²) in [5, 5.41) is 3.55. The Labute approximate surface area is 109 Å². The molecule has 1 aromatic heterocycles. The van der Waals surface area contributed by atoms with Crippen molar-refractivity contribution < 1.29 is 9.47 Å². The normalized spacial score (nSPS) is 23.9. The van der Waals surface area contributed by atoms with E-state index in [0.717, 1.165) is 49.7 Å². The van der Waals surface area contributed by atoms with E-state index in [1.165, 1.54) is 0 Å². The molecule has 1 aliphatic heterocycles. The summed E-state index contributed by atoms with van der Waals surface area (Å²) in [6.45, 7) is 6.60. The molecule has 0 bridgehead atoms. The molecule has 2 heterocycles. The third-order valence-corrected chi connectivity index (χ3v) is 3.35. The van der Waals surface area contributed by atoms with Crippen LogP contribution in [-0.4, -0.2) is 30.8 Å². The molecule has 100 valence electrons. The van der Waals surface area contributed by atoms with Gasteiger partial charge in [-0.2, -0.15) is 0 Å². The summed E-state index contributed by atoms with van der Waals surface area (Å²) in [5.41, 5.74) is 2.06. The lowest BCUT2D eigenvalue weighted by Crippen LogP contribution is -2.48. The van der Waals surface area contributed by atoms with Crippen LogP contribution in [0.15, 0.2) is 12.1 Å². The summed E-state index contributed by atoms with van der Waals surface area (Å²) in [4.78, 5) is 4.51. The molecular formula is C14H22N2O2. The van der Waals surface area contributed by atoms with Crippen LogP contribution in [-0.2, 0) is 11.3 Å². The highest BCUT2D eigenvalue weighted by Crippen LogP contribution is 2.19. The number of nitrogens with zero attached hydrogens (tertiary/aromatic N) is 1. The SMILES string of the molecule is COc1cc(C)nc(CNC2(C)CCCOC2)c1. The van der Waals surface area contributed by atoms with Gasteiger partial charge in [0.2, 0.25) is 0 Å². The molecular weight excluding hydrogens is 228 g/mol. The lowest BCUT2D eigenvalue weighted by molar-refractivity contribution is 0.0276. The maximum Gasteiger partial charge on any atom is 0.122 e. The van der Waals surface area contributed by atoms with Crippen LogP contribution in [0.5, 0.6) is 5.75 Å². The summed E-state index contributed by atoms with van der Waals surface area (Å²) in [6.07, 6.45) is 2.27. The van der Waals surface area contributed by atoms with Gasteiger partial charge >= 0.3 is 0 Å². The van der Waals surface area contributed by atoms with Gasteiger partial charge in [0.15, 0.2) is 0 Å². The van der Waals surface area contributed by atoms with Crippen molar-refractivity contribution in [2.75, 3.05) is 20.3 Å². The van der Waals surface area contributed by atoms with Crippen LogP contribution < -0.4 is 10.1 Å². The maximum atomic E-state index is 5.53. The van der Waals surface area contributed by atoms with Crippen LogP contribution in [0.1, 0.15) is 31.2 Å². The molecule has 18 heavy (non-hydrogen) atoms. The minimum Gasteiger partial charge on any atom is -0.497 e. The van der Waals surface area contributed by atoms with Crippen molar-refractivity contribution in [1.82, 2.24) is 10.3 Å². The van der Waals surface area contributed by atoms with Crippen LogP contribution >= 0.6 is 0 Å².